The van der Waals surface area contributed by atoms with E-state index in [1.165, 1.54) is 31.4 Å². The van der Waals surface area contributed by atoms with Gasteiger partial charge >= 0.3 is 5.97 Å². The van der Waals surface area contributed by atoms with Gasteiger partial charge in [-0.15, -0.1) is 0 Å². The second-order valence-corrected chi connectivity index (χ2v) is 9.37. The summed E-state index contributed by atoms with van der Waals surface area (Å²) >= 11 is 0. The van der Waals surface area contributed by atoms with Gasteiger partial charge in [0.2, 0.25) is 15.9 Å². The Hall–Kier alpha value is -2.95. The van der Waals surface area contributed by atoms with Crippen molar-refractivity contribution < 1.29 is 22.7 Å². The molecule has 32 heavy (non-hydrogen) atoms. The molecule has 0 radical (unpaired) electrons. The first-order valence-corrected chi connectivity index (χ1v) is 11.8. The van der Waals surface area contributed by atoms with Gasteiger partial charge in [0.1, 0.15) is 0 Å². The van der Waals surface area contributed by atoms with Crippen LogP contribution in [0.2, 0.25) is 0 Å². The molecule has 2 unspecified atom stereocenters. The highest BCUT2D eigenvalue weighted by atomic mass is 32.2. The van der Waals surface area contributed by atoms with Gasteiger partial charge in [0.15, 0.2) is 0 Å². The average Bonchev–Trinajstić information content (AvgIpc) is 2.78. The zero-order chi connectivity index (χ0) is 23.5. The highest BCUT2D eigenvalue weighted by Gasteiger charge is 2.31. The summed E-state index contributed by atoms with van der Waals surface area (Å²) in [5, 5.41) is 7.93. The molecule has 2 aromatic rings. The van der Waals surface area contributed by atoms with Crippen LogP contribution in [0.1, 0.15) is 24.2 Å². The van der Waals surface area contributed by atoms with Crippen molar-refractivity contribution >= 4 is 33.3 Å². The molecule has 2 atom stereocenters. The largest absolute Gasteiger partial charge is 0.465 e. The minimum atomic E-state index is -3.77. The van der Waals surface area contributed by atoms with Crippen LogP contribution in [0.15, 0.2) is 53.4 Å². The number of hydrogen-bond acceptors (Lipinski definition) is 7. The summed E-state index contributed by atoms with van der Waals surface area (Å²) in [5.74, 6) is -0.537. The Morgan fingerprint density at radius 2 is 1.72 bits per heavy atom. The van der Waals surface area contributed by atoms with Gasteiger partial charge in [-0.05, 0) is 62.4 Å². The molecule has 1 heterocycles. The molecule has 172 valence electrons. The summed E-state index contributed by atoms with van der Waals surface area (Å²) in [6.45, 7) is 6.09. The van der Waals surface area contributed by atoms with Crippen LogP contribution < -0.4 is 15.4 Å². The normalized spacial score (nSPS) is 18.1. The summed E-state index contributed by atoms with van der Waals surface area (Å²) in [5.41, 5.74) is 2.02. The summed E-state index contributed by atoms with van der Waals surface area (Å²) < 4.78 is 27.5. The number of rotatable bonds is 6. The highest BCUT2D eigenvalue weighted by Crippen LogP contribution is 2.22. The topological polar surface area (TPSA) is 122 Å². The third kappa shape index (κ3) is 5.45. The maximum Gasteiger partial charge on any atom is 0.337 e. The van der Waals surface area contributed by atoms with E-state index < -0.39 is 10.0 Å². The monoisotopic (exact) mass is 460 g/mol. The lowest BCUT2D eigenvalue weighted by Crippen LogP contribution is -2.57. The minimum Gasteiger partial charge on any atom is -0.465 e. The number of nitrogens with one attached hydrogen (secondary N) is 1. The van der Waals surface area contributed by atoms with Crippen LogP contribution >= 0.6 is 0 Å². The van der Waals surface area contributed by atoms with Crippen LogP contribution in [-0.2, 0) is 19.6 Å². The number of piperazine rings is 1. The Bertz CT molecular complexity index is 1070. The molecule has 10 heteroatoms. The van der Waals surface area contributed by atoms with Crippen LogP contribution in [0.4, 0.5) is 11.4 Å². The molecule has 2 aromatic carbocycles. The smallest absolute Gasteiger partial charge is 0.337 e. The molecule has 3 N–H and O–H groups in total. The zero-order valence-electron chi connectivity index (χ0n) is 18.3. The fourth-order valence-electron chi connectivity index (χ4n) is 3.83. The Balaban J connectivity index is 1.59. The molecule has 1 saturated heterocycles. The maximum absolute atomic E-state index is 12.8. The van der Waals surface area contributed by atoms with Crippen molar-refractivity contribution in [1.29, 1.82) is 0 Å². The van der Waals surface area contributed by atoms with E-state index in [0.717, 1.165) is 18.8 Å². The van der Waals surface area contributed by atoms with Crippen LogP contribution in [0.5, 0.6) is 0 Å². The fraction of sp³-hybridized carbons (Fsp3) is 0.364. The van der Waals surface area contributed by atoms with Gasteiger partial charge in [0.25, 0.3) is 0 Å². The van der Waals surface area contributed by atoms with Gasteiger partial charge in [-0.3, -0.25) is 9.69 Å². The molecular formula is C22H28N4O5S. The van der Waals surface area contributed by atoms with Gasteiger partial charge in [-0.25, -0.2) is 18.4 Å². The predicted octanol–water partition coefficient (Wildman–Crippen LogP) is 1.66. The summed E-state index contributed by atoms with van der Waals surface area (Å²) in [6, 6.07) is 12.8. The lowest BCUT2D eigenvalue weighted by molar-refractivity contribution is -0.121. The Labute approximate surface area is 188 Å². The second-order valence-electron chi connectivity index (χ2n) is 7.81. The van der Waals surface area contributed by atoms with E-state index >= 15 is 0 Å². The molecule has 0 aromatic heterocycles. The molecule has 3 rings (SSSR count). The predicted molar refractivity (Wildman–Crippen MR) is 122 cm³/mol. The molecule has 0 bridgehead atoms. The van der Waals surface area contributed by atoms with Crippen LogP contribution in [-0.4, -0.2) is 64.0 Å². The lowest BCUT2D eigenvalue weighted by Gasteiger charge is -2.43. The number of nitrogens with two attached hydrogens (primary N) is 1. The van der Waals surface area contributed by atoms with Gasteiger partial charge in [-0.2, -0.15) is 0 Å². The number of methoxy groups -OCH3 is 1. The summed E-state index contributed by atoms with van der Waals surface area (Å²) in [6.07, 6.45) is 0. The maximum atomic E-state index is 12.8. The number of primary sulfonamides is 1. The van der Waals surface area contributed by atoms with Gasteiger partial charge in [-0.1, -0.05) is 0 Å². The standard InChI is InChI=1S/C22H28N4O5S/c1-15-14-25(19-8-4-17(5-9-19)22(28)31-3)12-13-26(15)16(2)21(27)24-18-6-10-20(11-7-18)32(23,29)30/h4-11,15-16H,12-14H2,1-3H3,(H,24,27)(H2,23,29,30). The number of carbonyl (C=O) groups is 2. The van der Waals surface area contributed by atoms with E-state index in [9.17, 15) is 18.0 Å². The van der Waals surface area contributed by atoms with E-state index in [0.29, 0.717) is 17.8 Å². The molecule has 0 spiro atoms. The number of carbonyl (C=O) groups excluding carboxylic acids is 2. The number of ether oxygens (including phenoxy) is 1. The number of anilines is 2. The average molecular weight is 461 g/mol. The molecule has 0 saturated carbocycles. The molecule has 1 aliphatic rings. The first-order valence-electron chi connectivity index (χ1n) is 10.2. The van der Waals surface area contributed by atoms with Gasteiger partial charge < -0.3 is 15.0 Å². The summed E-state index contributed by atoms with van der Waals surface area (Å²) in [4.78, 5) is 28.7. The van der Waals surface area contributed by atoms with E-state index in [1.807, 2.05) is 19.1 Å². The van der Waals surface area contributed by atoms with Crippen LogP contribution in [0.25, 0.3) is 0 Å². The molecular weight excluding hydrogens is 432 g/mol. The van der Waals surface area contributed by atoms with Crippen molar-refractivity contribution in [2.75, 3.05) is 37.0 Å². The van der Waals surface area contributed by atoms with Crippen molar-refractivity contribution in [3.05, 3.63) is 54.1 Å². The van der Waals surface area contributed by atoms with E-state index in [4.69, 9.17) is 9.88 Å². The number of hydrogen-bond donors (Lipinski definition) is 2. The number of benzene rings is 2. The number of nitrogens with zero attached hydrogens (tertiary/aromatic N) is 2. The Kier molecular flexibility index (Phi) is 7.17. The van der Waals surface area contributed by atoms with Gasteiger partial charge in [0.05, 0.1) is 23.6 Å². The Morgan fingerprint density at radius 3 is 2.25 bits per heavy atom. The van der Waals surface area contributed by atoms with Crippen molar-refractivity contribution in [2.45, 2.75) is 30.8 Å². The van der Waals surface area contributed by atoms with Crippen LogP contribution in [0, 0.1) is 0 Å². The van der Waals surface area contributed by atoms with E-state index in [2.05, 4.69) is 22.0 Å². The lowest BCUT2D eigenvalue weighted by atomic mass is 10.1. The molecule has 1 aliphatic heterocycles. The van der Waals surface area contributed by atoms with Crippen molar-refractivity contribution in [3.63, 3.8) is 0 Å². The molecule has 9 nitrogen and oxygen atoms in total. The number of esters is 1. The first-order chi connectivity index (χ1) is 15.1. The molecule has 1 fully saturated rings. The summed E-state index contributed by atoms with van der Waals surface area (Å²) in [7, 11) is -2.42. The Morgan fingerprint density at radius 1 is 1.09 bits per heavy atom. The van der Waals surface area contributed by atoms with Crippen molar-refractivity contribution in [2.24, 2.45) is 5.14 Å². The quantitative estimate of drug-likeness (QED) is 0.629. The number of amides is 1. The second kappa shape index (κ2) is 9.68. The molecule has 0 aliphatic carbocycles. The highest BCUT2D eigenvalue weighted by molar-refractivity contribution is 7.89. The molecule has 1 amide bonds. The first kappa shape index (κ1) is 23.7. The third-order valence-electron chi connectivity index (χ3n) is 5.66. The van der Waals surface area contributed by atoms with E-state index in [1.54, 1.807) is 12.1 Å². The van der Waals surface area contributed by atoms with Gasteiger partial charge in [0, 0.05) is 37.1 Å². The van der Waals surface area contributed by atoms with Crippen molar-refractivity contribution in [1.82, 2.24) is 4.90 Å². The number of sulfonamides is 1. The van der Waals surface area contributed by atoms with E-state index in [-0.39, 0.29) is 28.9 Å². The van der Waals surface area contributed by atoms with Crippen molar-refractivity contribution in [3.8, 4) is 0 Å². The zero-order valence-corrected chi connectivity index (χ0v) is 19.1. The van der Waals surface area contributed by atoms with Crippen LogP contribution in [0.3, 0.4) is 0 Å². The SMILES string of the molecule is COC(=O)c1ccc(N2CCN(C(C)C(=O)Nc3ccc(S(N)(=O)=O)cc3)C(C)C2)cc1. The third-order valence-corrected chi connectivity index (χ3v) is 6.59. The minimum absolute atomic E-state index is 0.00656. The fourth-order valence-corrected chi connectivity index (χ4v) is 4.35.